The number of hydrogen-bond acceptors (Lipinski definition) is 6. The number of esters is 3. The lowest BCUT2D eigenvalue weighted by Gasteiger charge is -2.18. The zero-order valence-electron chi connectivity index (χ0n) is 42.0. The highest BCUT2D eigenvalue weighted by molar-refractivity contribution is 5.71. The quantitative estimate of drug-likeness (QED) is 0.0344. The molecule has 0 radical (unpaired) electrons. The molecule has 0 fully saturated rings. The van der Waals surface area contributed by atoms with Gasteiger partial charge in [-0.1, -0.05) is 260 Å². The standard InChI is InChI=1S/C55H106O6/c1-7-50(5)42-36-30-24-19-17-15-13-11-9-10-12-14-16-18-20-25-32-38-44-53(56)59-47-52(48-60-54(57)45-39-33-28-27-31-37-43-51(6)8-2)61-55(58)46-40-34-26-22-21-23-29-35-41-49(3)4/h49-52H,7-48H2,1-6H3/t50?,51?,52-/m0/s1. The van der Waals surface area contributed by atoms with E-state index >= 15 is 0 Å². The summed E-state index contributed by atoms with van der Waals surface area (Å²) < 4.78 is 16.8. The molecule has 0 aliphatic heterocycles. The first-order valence-electron chi connectivity index (χ1n) is 27.2. The smallest absolute Gasteiger partial charge is 0.306 e. The predicted molar refractivity (Wildman–Crippen MR) is 261 cm³/mol. The molecule has 0 aliphatic carbocycles. The van der Waals surface area contributed by atoms with Crippen LogP contribution in [0.4, 0.5) is 0 Å². The fourth-order valence-corrected chi connectivity index (χ4v) is 8.23. The van der Waals surface area contributed by atoms with Gasteiger partial charge in [-0.3, -0.25) is 14.4 Å². The van der Waals surface area contributed by atoms with Gasteiger partial charge in [0.1, 0.15) is 13.2 Å². The Bertz CT molecular complexity index is 949. The first-order valence-corrected chi connectivity index (χ1v) is 27.2. The van der Waals surface area contributed by atoms with E-state index in [-0.39, 0.29) is 31.1 Å². The number of carbonyl (C=O) groups is 3. The van der Waals surface area contributed by atoms with Gasteiger partial charge in [0.15, 0.2) is 6.10 Å². The molecule has 0 aromatic rings. The average Bonchev–Trinajstić information content (AvgIpc) is 3.24. The fraction of sp³-hybridized carbons (Fsp3) is 0.945. The second-order valence-electron chi connectivity index (χ2n) is 19.8. The van der Waals surface area contributed by atoms with Gasteiger partial charge in [0, 0.05) is 19.3 Å². The number of hydrogen-bond donors (Lipinski definition) is 0. The normalized spacial score (nSPS) is 13.0. The zero-order chi connectivity index (χ0) is 44.9. The molecule has 0 amide bonds. The van der Waals surface area contributed by atoms with Crippen molar-refractivity contribution < 1.29 is 28.6 Å². The Morgan fingerprint density at radius 3 is 0.852 bits per heavy atom. The van der Waals surface area contributed by atoms with Crippen molar-refractivity contribution >= 4 is 17.9 Å². The maximum absolute atomic E-state index is 12.8. The summed E-state index contributed by atoms with van der Waals surface area (Å²) >= 11 is 0. The molecular formula is C55H106O6. The molecule has 362 valence electrons. The third-order valence-electron chi connectivity index (χ3n) is 13.1. The Labute approximate surface area is 380 Å². The minimum Gasteiger partial charge on any atom is -0.462 e. The van der Waals surface area contributed by atoms with Crippen molar-refractivity contribution in [3.63, 3.8) is 0 Å². The first kappa shape index (κ1) is 59.4. The summed E-state index contributed by atoms with van der Waals surface area (Å²) in [5, 5.41) is 0. The van der Waals surface area contributed by atoms with E-state index in [1.165, 1.54) is 180 Å². The Balaban J connectivity index is 4.17. The second-order valence-corrected chi connectivity index (χ2v) is 19.8. The molecule has 3 atom stereocenters. The SMILES string of the molecule is CCC(C)CCCCCCCCCCCCCCCCCCCCC(=O)OC[C@@H](COC(=O)CCCCCCCCC(C)CC)OC(=O)CCCCCCCCCCC(C)C. The summed E-state index contributed by atoms with van der Waals surface area (Å²) in [5.74, 6) is 1.66. The largest absolute Gasteiger partial charge is 0.462 e. The van der Waals surface area contributed by atoms with E-state index < -0.39 is 6.10 Å². The topological polar surface area (TPSA) is 78.9 Å². The van der Waals surface area contributed by atoms with E-state index in [1.807, 2.05) is 0 Å². The van der Waals surface area contributed by atoms with Crippen LogP contribution >= 0.6 is 0 Å². The summed E-state index contributed by atoms with van der Waals surface area (Å²) in [7, 11) is 0. The first-order chi connectivity index (χ1) is 29.7. The fourth-order valence-electron chi connectivity index (χ4n) is 8.23. The highest BCUT2D eigenvalue weighted by Gasteiger charge is 2.19. The van der Waals surface area contributed by atoms with Crippen molar-refractivity contribution in [3.05, 3.63) is 0 Å². The lowest BCUT2D eigenvalue weighted by atomic mass is 9.99. The number of unbranched alkanes of at least 4 members (excludes halogenated alkanes) is 29. The summed E-state index contributed by atoms with van der Waals surface area (Å²) in [6.07, 6.45) is 46.7. The van der Waals surface area contributed by atoms with Crippen molar-refractivity contribution in [3.8, 4) is 0 Å². The second kappa shape index (κ2) is 46.4. The predicted octanol–water partition coefficient (Wildman–Crippen LogP) is 17.6. The molecule has 2 unspecified atom stereocenters. The Hall–Kier alpha value is -1.59. The molecule has 6 nitrogen and oxygen atoms in total. The van der Waals surface area contributed by atoms with Crippen LogP contribution in [0.5, 0.6) is 0 Å². The van der Waals surface area contributed by atoms with Gasteiger partial charge < -0.3 is 14.2 Å². The maximum atomic E-state index is 12.8. The Kier molecular flexibility index (Phi) is 45.2. The molecule has 61 heavy (non-hydrogen) atoms. The molecule has 0 aromatic carbocycles. The van der Waals surface area contributed by atoms with Gasteiger partial charge in [0.2, 0.25) is 0 Å². The highest BCUT2D eigenvalue weighted by atomic mass is 16.6. The van der Waals surface area contributed by atoms with Crippen LogP contribution in [0, 0.1) is 17.8 Å². The molecule has 0 aliphatic rings. The minimum absolute atomic E-state index is 0.0654. The van der Waals surface area contributed by atoms with E-state index in [0.29, 0.717) is 19.3 Å². The van der Waals surface area contributed by atoms with Crippen molar-refractivity contribution in [1.29, 1.82) is 0 Å². The van der Waals surface area contributed by atoms with Crippen molar-refractivity contribution in [1.82, 2.24) is 0 Å². The third kappa shape index (κ3) is 46.2. The van der Waals surface area contributed by atoms with Crippen LogP contribution in [0.25, 0.3) is 0 Å². The molecule has 0 spiro atoms. The van der Waals surface area contributed by atoms with Crippen LogP contribution in [0.1, 0.15) is 298 Å². The number of rotatable bonds is 48. The Morgan fingerprint density at radius 2 is 0.574 bits per heavy atom. The maximum Gasteiger partial charge on any atom is 0.306 e. The van der Waals surface area contributed by atoms with E-state index in [9.17, 15) is 14.4 Å². The lowest BCUT2D eigenvalue weighted by molar-refractivity contribution is -0.167. The number of ether oxygens (including phenoxy) is 3. The van der Waals surface area contributed by atoms with Crippen LogP contribution in [0.2, 0.25) is 0 Å². The van der Waals surface area contributed by atoms with Crippen LogP contribution in [-0.4, -0.2) is 37.2 Å². The summed E-state index contributed by atoms with van der Waals surface area (Å²) in [6, 6.07) is 0. The third-order valence-corrected chi connectivity index (χ3v) is 13.1. The highest BCUT2D eigenvalue weighted by Crippen LogP contribution is 2.19. The van der Waals surface area contributed by atoms with Gasteiger partial charge in [0.25, 0.3) is 0 Å². The van der Waals surface area contributed by atoms with E-state index in [0.717, 1.165) is 75.5 Å². The van der Waals surface area contributed by atoms with Crippen molar-refractivity contribution in [2.75, 3.05) is 13.2 Å². The van der Waals surface area contributed by atoms with Gasteiger partial charge in [-0.25, -0.2) is 0 Å². The van der Waals surface area contributed by atoms with Crippen LogP contribution in [0.15, 0.2) is 0 Å². The van der Waals surface area contributed by atoms with E-state index in [2.05, 4.69) is 41.5 Å². The van der Waals surface area contributed by atoms with Crippen LogP contribution in [-0.2, 0) is 28.6 Å². The molecule has 0 bridgehead atoms. The zero-order valence-corrected chi connectivity index (χ0v) is 42.0. The number of carbonyl (C=O) groups excluding carboxylic acids is 3. The minimum atomic E-state index is -0.763. The van der Waals surface area contributed by atoms with E-state index in [1.54, 1.807) is 0 Å². The Morgan fingerprint density at radius 1 is 0.328 bits per heavy atom. The van der Waals surface area contributed by atoms with Gasteiger partial charge in [-0.2, -0.15) is 0 Å². The average molecular weight is 863 g/mol. The molecule has 0 N–H and O–H groups in total. The summed E-state index contributed by atoms with van der Waals surface area (Å²) in [4.78, 5) is 37.9. The van der Waals surface area contributed by atoms with Crippen LogP contribution in [0.3, 0.4) is 0 Å². The summed E-state index contributed by atoms with van der Waals surface area (Å²) in [6.45, 7) is 13.7. The van der Waals surface area contributed by atoms with Crippen molar-refractivity contribution in [2.24, 2.45) is 17.8 Å². The van der Waals surface area contributed by atoms with Gasteiger partial charge in [-0.15, -0.1) is 0 Å². The molecule has 0 rings (SSSR count). The van der Waals surface area contributed by atoms with Crippen LogP contribution < -0.4 is 0 Å². The van der Waals surface area contributed by atoms with E-state index in [4.69, 9.17) is 14.2 Å². The molecule has 0 saturated heterocycles. The molecule has 0 heterocycles. The van der Waals surface area contributed by atoms with Gasteiger partial charge in [0.05, 0.1) is 0 Å². The van der Waals surface area contributed by atoms with Gasteiger partial charge >= 0.3 is 17.9 Å². The summed E-state index contributed by atoms with van der Waals surface area (Å²) in [5.41, 5.74) is 0. The molecular weight excluding hydrogens is 757 g/mol. The molecule has 0 saturated carbocycles. The van der Waals surface area contributed by atoms with Gasteiger partial charge in [-0.05, 0) is 37.0 Å². The molecule has 0 aromatic heterocycles. The monoisotopic (exact) mass is 863 g/mol. The molecule has 6 heteroatoms. The lowest BCUT2D eigenvalue weighted by Crippen LogP contribution is -2.30. The van der Waals surface area contributed by atoms with Crippen molar-refractivity contribution in [2.45, 2.75) is 304 Å².